The lowest BCUT2D eigenvalue weighted by molar-refractivity contribution is -0.125. The van der Waals surface area contributed by atoms with Crippen LogP contribution >= 0.6 is 0 Å². The number of hydrogen-bond donors (Lipinski definition) is 2. The third-order valence-corrected chi connectivity index (χ3v) is 5.31. The van der Waals surface area contributed by atoms with Crippen molar-refractivity contribution < 1.29 is 4.79 Å². The highest BCUT2D eigenvalue weighted by molar-refractivity contribution is 5.78. The van der Waals surface area contributed by atoms with E-state index in [1.54, 1.807) is 0 Å². The molecule has 1 amide bonds. The lowest BCUT2D eigenvalue weighted by Crippen LogP contribution is -2.35. The second-order valence-electron chi connectivity index (χ2n) is 7.37. The van der Waals surface area contributed by atoms with Crippen molar-refractivity contribution >= 4 is 5.91 Å². The van der Waals surface area contributed by atoms with Gasteiger partial charge in [0.15, 0.2) is 0 Å². The Hall–Kier alpha value is -1.36. The van der Waals surface area contributed by atoms with Gasteiger partial charge in [0.05, 0.1) is 5.69 Å². The van der Waals surface area contributed by atoms with Gasteiger partial charge in [-0.05, 0) is 44.7 Å². The van der Waals surface area contributed by atoms with Gasteiger partial charge in [0.2, 0.25) is 5.91 Å². The molecule has 1 aromatic heterocycles. The van der Waals surface area contributed by atoms with Crippen molar-refractivity contribution in [1.82, 2.24) is 20.4 Å². The zero-order chi connectivity index (χ0) is 16.1. The molecule has 2 fully saturated rings. The fraction of sp³-hybridized carbons (Fsp3) is 0.778. The number of carbonyl (C=O) groups is 1. The first-order chi connectivity index (χ1) is 11.2. The van der Waals surface area contributed by atoms with Crippen LogP contribution in [0.5, 0.6) is 0 Å². The van der Waals surface area contributed by atoms with Gasteiger partial charge in [0, 0.05) is 31.2 Å². The maximum absolute atomic E-state index is 12.3. The zero-order valence-electron chi connectivity index (χ0n) is 14.3. The summed E-state index contributed by atoms with van der Waals surface area (Å²) in [5.74, 6) is 1.15. The minimum Gasteiger partial charge on any atom is -0.356 e. The summed E-state index contributed by atoms with van der Waals surface area (Å²) in [6, 6.07) is 2.11. The van der Waals surface area contributed by atoms with Crippen LogP contribution in [-0.4, -0.2) is 40.6 Å². The number of amides is 1. The lowest BCUT2D eigenvalue weighted by Gasteiger charge is -2.17. The summed E-state index contributed by atoms with van der Waals surface area (Å²) in [6.45, 7) is 5.96. The summed E-state index contributed by atoms with van der Waals surface area (Å²) in [5, 5.41) is 10.5. The smallest absolute Gasteiger partial charge is 0.223 e. The van der Waals surface area contributed by atoms with Gasteiger partial charge in [-0.15, -0.1) is 0 Å². The molecule has 1 atom stereocenters. The first kappa shape index (κ1) is 16.5. The molecule has 0 aromatic carbocycles. The Kier molecular flexibility index (Phi) is 5.70. The molecule has 2 aliphatic rings. The van der Waals surface area contributed by atoms with E-state index in [1.165, 1.54) is 32.1 Å². The molecule has 5 heteroatoms. The van der Waals surface area contributed by atoms with Crippen molar-refractivity contribution in [3.05, 3.63) is 17.5 Å². The van der Waals surface area contributed by atoms with Crippen LogP contribution in [0, 0.1) is 18.8 Å². The van der Waals surface area contributed by atoms with E-state index < -0.39 is 0 Å². The van der Waals surface area contributed by atoms with Crippen LogP contribution in [0.2, 0.25) is 0 Å². The maximum atomic E-state index is 12.3. The fourth-order valence-corrected chi connectivity index (χ4v) is 3.94. The SMILES string of the molecule is Cc1cc(CN2CC[C@@H](CNC(=O)C3CCCCCC3)C2)n[nH]1. The number of likely N-dealkylation sites (tertiary alicyclic amines) is 1. The highest BCUT2D eigenvalue weighted by Gasteiger charge is 2.25. The molecule has 23 heavy (non-hydrogen) atoms. The van der Waals surface area contributed by atoms with Crippen LogP contribution in [-0.2, 0) is 11.3 Å². The molecular formula is C18H30N4O. The molecule has 0 spiro atoms. The van der Waals surface area contributed by atoms with Crippen LogP contribution in [0.1, 0.15) is 56.3 Å². The van der Waals surface area contributed by atoms with Crippen LogP contribution in [0.25, 0.3) is 0 Å². The average Bonchev–Trinajstić information content (AvgIpc) is 3.05. The molecular weight excluding hydrogens is 288 g/mol. The molecule has 0 bridgehead atoms. The summed E-state index contributed by atoms with van der Waals surface area (Å²) in [4.78, 5) is 14.8. The Balaban J connectivity index is 1.38. The highest BCUT2D eigenvalue weighted by Crippen LogP contribution is 2.23. The number of hydrogen-bond acceptors (Lipinski definition) is 3. The number of aromatic nitrogens is 2. The van der Waals surface area contributed by atoms with Gasteiger partial charge in [0.25, 0.3) is 0 Å². The predicted molar refractivity (Wildman–Crippen MR) is 90.9 cm³/mol. The third-order valence-electron chi connectivity index (χ3n) is 5.31. The molecule has 1 saturated carbocycles. The molecule has 3 rings (SSSR count). The largest absolute Gasteiger partial charge is 0.356 e. The Morgan fingerprint density at radius 1 is 1.30 bits per heavy atom. The van der Waals surface area contributed by atoms with E-state index in [-0.39, 0.29) is 5.92 Å². The van der Waals surface area contributed by atoms with Gasteiger partial charge in [-0.2, -0.15) is 5.10 Å². The molecule has 128 valence electrons. The van der Waals surface area contributed by atoms with E-state index in [2.05, 4.69) is 26.5 Å². The Labute approximate surface area is 139 Å². The monoisotopic (exact) mass is 318 g/mol. The van der Waals surface area contributed by atoms with Crippen molar-refractivity contribution in [1.29, 1.82) is 0 Å². The highest BCUT2D eigenvalue weighted by atomic mass is 16.1. The van der Waals surface area contributed by atoms with E-state index in [4.69, 9.17) is 0 Å². The number of aromatic amines is 1. The van der Waals surface area contributed by atoms with Gasteiger partial charge in [-0.25, -0.2) is 0 Å². The van der Waals surface area contributed by atoms with Crippen LogP contribution < -0.4 is 5.32 Å². The molecule has 0 radical (unpaired) electrons. The molecule has 2 N–H and O–H groups in total. The standard InChI is InChI=1S/C18H30N4O/c1-14-10-17(21-20-14)13-22-9-8-15(12-22)11-19-18(23)16-6-4-2-3-5-7-16/h10,15-16H,2-9,11-13H2,1H3,(H,19,23)(H,20,21)/t15-/m0/s1. The van der Waals surface area contributed by atoms with E-state index in [1.807, 2.05) is 6.92 Å². The second kappa shape index (κ2) is 7.95. The van der Waals surface area contributed by atoms with Gasteiger partial charge in [-0.3, -0.25) is 14.8 Å². The maximum Gasteiger partial charge on any atom is 0.223 e. The lowest BCUT2D eigenvalue weighted by atomic mass is 9.99. The first-order valence-electron chi connectivity index (χ1n) is 9.21. The predicted octanol–water partition coefficient (Wildman–Crippen LogP) is 2.63. The van der Waals surface area contributed by atoms with E-state index in [9.17, 15) is 4.79 Å². The van der Waals surface area contributed by atoms with Crippen LogP contribution in [0.4, 0.5) is 0 Å². The summed E-state index contributed by atoms with van der Waals surface area (Å²) < 4.78 is 0. The number of nitrogens with zero attached hydrogens (tertiary/aromatic N) is 2. The Morgan fingerprint density at radius 3 is 2.78 bits per heavy atom. The molecule has 0 unspecified atom stereocenters. The molecule has 1 aromatic rings. The molecule has 1 saturated heterocycles. The number of rotatable bonds is 5. The average molecular weight is 318 g/mol. The molecule has 1 aliphatic heterocycles. The van der Waals surface area contributed by atoms with E-state index in [0.29, 0.717) is 11.8 Å². The van der Waals surface area contributed by atoms with E-state index in [0.717, 1.165) is 50.4 Å². The third kappa shape index (κ3) is 4.80. The van der Waals surface area contributed by atoms with Crippen molar-refractivity contribution in [3.8, 4) is 0 Å². The minimum absolute atomic E-state index is 0.266. The number of H-pyrrole nitrogens is 1. The number of carbonyl (C=O) groups excluding carboxylic acids is 1. The minimum atomic E-state index is 0.266. The van der Waals surface area contributed by atoms with Crippen molar-refractivity contribution in [2.75, 3.05) is 19.6 Å². The van der Waals surface area contributed by atoms with E-state index >= 15 is 0 Å². The normalized spacial score (nSPS) is 23.8. The first-order valence-corrected chi connectivity index (χ1v) is 9.21. The quantitative estimate of drug-likeness (QED) is 0.821. The van der Waals surface area contributed by atoms with Gasteiger partial charge < -0.3 is 5.32 Å². The summed E-state index contributed by atoms with van der Waals surface area (Å²) in [6.07, 6.45) is 8.38. The molecule has 2 heterocycles. The molecule has 1 aliphatic carbocycles. The number of aryl methyl sites for hydroxylation is 1. The van der Waals surface area contributed by atoms with Gasteiger partial charge in [-0.1, -0.05) is 25.7 Å². The summed E-state index contributed by atoms with van der Waals surface area (Å²) in [7, 11) is 0. The van der Waals surface area contributed by atoms with Gasteiger partial charge >= 0.3 is 0 Å². The fourth-order valence-electron chi connectivity index (χ4n) is 3.94. The zero-order valence-corrected chi connectivity index (χ0v) is 14.3. The Bertz CT molecular complexity index is 505. The topological polar surface area (TPSA) is 61.0 Å². The van der Waals surface area contributed by atoms with Crippen molar-refractivity contribution in [2.24, 2.45) is 11.8 Å². The molecule has 5 nitrogen and oxygen atoms in total. The Morgan fingerprint density at radius 2 is 2.09 bits per heavy atom. The van der Waals surface area contributed by atoms with Crippen LogP contribution in [0.3, 0.4) is 0 Å². The van der Waals surface area contributed by atoms with Gasteiger partial charge in [0.1, 0.15) is 0 Å². The second-order valence-corrected chi connectivity index (χ2v) is 7.37. The summed E-state index contributed by atoms with van der Waals surface area (Å²) >= 11 is 0. The number of nitrogens with one attached hydrogen (secondary N) is 2. The van der Waals surface area contributed by atoms with Crippen molar-refractivity contribution in [2.45, 2.75) is 58.4 Å². The van der Waals surface area contributed by atoms with Crippen LogP contribution in [0.15, 0.2) is 6.07 Å². The van der Waals surface area contributed by atoms with Crippen molar-refractivity contribution in [3.63, 3.8) is 0 Å². The summed E-state index contributed by atoms with van der Waals surface area (Å²) in [5.41, 5.74) is 2.23.